The van der Waals surface area contributed by atoms with Crippen molar-refractivity contribution in [2.45, 2.75) is 71.3 Å². The number of carboxylic acids is 1. The predicted octanol–water partition coefficient (Wildman–Crippen LogP) is 5.30. The first-order valence-corrected chi connectivity index (χ1v) is 14.6. The molecule has 2 amide bonds. The lowest BCUT2D eigenvalue weighted by Gasteiger charge is -2.47. The number of aliphatic carboxylic acids is 1. The summed E-state index contributed by atoms with van der Waals surface area (Å²) in [7, 11) is 0. The van der Waals surface area contributed by atoms with E-state index in [4.69, 9.17) is 21.7 Å². The van der Waals surface area contributed by atoms with Crippen molar-refractivity contribution in [3.05, 3.63) is 52.8 Å². The molecular formula is C31H38ClN5O4. The van der Waals surface area contributed by atoms with Crippen LogP contribution in [0.2, 0.25) is 5.02 Å². The topological polar surface area (TPSA) is 108 Å². The highest BCUT2D eigenvalue weighted by Crippen LogP contribution is 2.33. The molecule has 0 spiro atoms. The number of fused-ring (bicyclic) bond motifs is 1. The minimum absolute atomic E-state index is 0.0653. The zero-order valence-corrected chi connectivity index (χ0v) is 25.1. The molecule has 41 heavy (non-hydrogen) atoms. The SMILES string of the molecule is CC(C)(C)c1cc(-c2ccc(Cl)cc2)nn2cc(C(=O)N3CCN(C(=O)C4CCC(C(=O)O)CC4)CC3(C)C)nc12. The van der Waals surface area contributed by atoms with Gasteiger partial charge in [0.15, 0.2) is 5.65 Å². The fourth-order valence-electron chi connectivity index (χ4n) is 6.10. The van der Waals surface area contributed by atoms with E-state index in [0.29, 0.717) is 61.7 Å². The summed E-state index contributed by atoms with van der Waals surface area (Å²) in [4.78, 5) is 46.9. The summed E-state index contributed by atoms with van der Waals surface area (Å²) in [5.74, 6) is -1.41. The van der Waals surface area contributed by atoms with Gasteiger partial charge in [0.25, 0.3) is 5.91 Å². The van der Waals surface area contributed by atoms with Crippen molar-refractivity contribution < 1.29 is 19.5 Å². The van der Waals surface area contributed by atoms with Gasteiger partial charge in [-0.15, -0.1) is 0 Å². The fraction of sp³-hybridized carbons (Fsp3) is 0.516. The van der Waals surface area contributed by atoms with Crippen molar-refractivity contribution >= 4 is 35.0 Å². The molecular weight excluding hydrogens is 542 g/mol. The van der Waals surface area contributed by atoms with Crippen LogP contribution in [0.3, 0.4) is 0 Å². The molecule has 10 heteroatoms. The summed E-state index contributed by atoms with van der Waals surface area (Å²) in [5, 5.41) is 14.7. The molecule has 3 heterocycles. The maximum atomic E-state index is 13.9. The molecule has 0 radical (unpaired) electrons. The van der Waals surface area contributed by atoms with Gasteiger partial charge in [0, 0.05) is 41.7 Å². The van der Waals surface area contributed by atoms with Gasteiger partial charge in [-0.2, -0.15) is 5.10 Å². The third kappa shape index (κ3) is 5.82. The second kappa shape index (κ2) is 10.7. The van der Waals surface area contributed by atoms with Gasteiger partial charge in [-0.05, 0) is 63.1 Å². The molecule has 5 rings (SSSR count). The Bertz CT molecular complexity index is 1480. The maximum Gasteiger partial charge on any atom is 0.306 e. The Hall–Kier alpha value is -3.46. The first kappa shape index (κ1) is 29.0. The number of nitrogens with zero attached hydrogens (tertiary/aromatic N) is 5. The van der Waals surface area contributed by atoms with Crippen molar-refractivity contribution in [2.24, 2.45) is 11.8 Å². The van der Waals surface area contributed by atoms with Gasteiger partial charge in [0.1, 0.15) is 5.69 Å². The summed E-state index contributed by atoms with van der Waals surface area (Å²) >= 11 is 6.10. The molecule has 0 unspecified atom stereocenters. The van der Waals surface area contributed by atoms with Crippen LogP contribution < -0.4 is 0 Å². The molecule has 1 aliphatic heterocycles. The van der Waals surface area contributed by atoms with E-state index in [9.17, 15) is 19.5 Å². The summed E-state index contributed by atoms with van der Waals surface area (Å²) in [5.41, 5.74) is 2.77. The lowest BCUT2D eigenvalue weighted by molar-refractivity contribution is -0.147. The van der Waals surface area contributed by atoms with Crippen LogP contribution >= 0.6 is 11.6 Å². The molecule has 1 saturated heterocycles. The summed E-state index contributed by atoms with van der Waals surface area (Å²) in [6.07, 6.45) is 3.95. The number of benzene rings is 1. The minimum atomic E-state index is -0.776. The lowest BCUT2D eigenvalue weighted by atomic mass is 9.81. The molecule has 0 bridgehead atoms. The second-order valence-electron chi connectivity index (χ2n) is 13.0. The smallest absolute Gasteiger partial charge is 0.306 e. The lowest BCUT2D eigenvalue weighted by Crippen LogP contribution is -2.62. The highest BCUT2D eigenvalue weighted by molar-refractivity contribution is 6.30. The molecule has 1 aliphatic carbocycles. The van der Waals surface area contributed by atoms with Crippen molar-refractivity contribution in [1.29, 1.82) is 0 Å². The van der Waals surface area contributed by atoms with Gasteiger partial charge in [-0.3, -0.25) is 14.4 Å². The predicted molar refractivity (Wildman–Crippen MR) is 157 cm³/mol. The fourth-order valence-corrected chi connectivity index (χ4v) is 6.22. The average Bonchev–Trinajstić information content (AvgIpc) is 3.35. The van der Waals surface area contributed by atoms with E-state index in [2.05, 4.69) is 20.8 Å². The molecule has 1 aromatic carbocycles. The first-order valence-electron chi connectivity index (χ1n) is 14.2. The van der Waals surface area contributed by atoms with Crippen LogP contribution in [0.15, 0.2) is 36.5 Å². The molecule has 1 saturated carbocycles. The number of imidazole rings is 1. The number of carboxylic acid groups (broad SMARTS) is 1. The largest absolute Gasteiger partial charge is 0.481 e. The Balaban J connectivity index is 1.37. The number of aromatic nitrogens is 3. The first-order chi connectivity index (χ1) is 19.2. The number of rotatable bonds is 4. The van der Waals surface area contributed by atoms with Crippen molar-refractivity contribution in [3.63, 3.8) is 0 Å². The number of hydrogen-bond acceptors (Lipinski definition) is 5. The molecule has 0 atom stereocenters. The Morgan fingerprint density at radius 2 is 1.63 bits per heavy atom. The number of amides is 2. The molecule has 3 aromatic rings. The van der Waals surface area contributed by atoms with E-state index in [1.54, 1.807) is 15.6 Å². The highest BCUT2D eigenvalue weighted by Gasteiger charge is 2.41. The molecule has 1 N–H and O–H groups in total. The van der Waals surface area contributed by atoms with Gasteiger partial charge < -0.3 is 14.9 Å². The quantitative estimate of drug-likeness (QED) is 0.449. The van der Waals surface area contributed by atoms with Crippen LogP contribution in [-0.2, 0) is 15.0 Å². The van der Waals surface area contributed by atoms with Gasteiger partial charge in [0.05, 0.1) is 23.3 Å². The monoisotopic (exact) mass is 579 g/mol. The Kier molecular flexibility index (Phi) is 7.61. The van der Waals surface area contributed by atoms with E-state index in [0.717, 1.165) is 16.8 Å². The number of hydrogen-bond donors (Lipinski definition) is 1. The third-order valence-corrected chi connectivity index (χ3v) is 8.73. The van der Waals surface area contributed by atoms with Crippen LogP contribution in [0, 0.1) is 11.8 Å². The minimum Gasteiger partial charge on any atom is -0.481 e. The molecule has 9 nitrogen and oxygen atoms in total. The van der Waals surface area contributed by atoms with E-state index >= 15 is 0 Å². The average molecular weight is 580 g/mol. The van der Waals surface area contributed by atoms with Crippen molar-refractivity contribution in [1.82, 2.24) is 24.4 Å². The van der Waals surface area contributed by atoms with Crippen LogP contribution in [0.1, 0.15) is 76.4 Å². The zero-order valence-electron chi connectivity index (χ0n) is 24.4. The van der Waals surface area contributed by atoms with Crippen molar-refractivity contribution in [2.75, 3.05) is 19.6 Å². The summed E-state index contributed by atoms with van der Waals surface area (Å²) < 4.78 is 1.69. The molecule has 2 aromatic heterocycles. The van der Waals surface area contributed by atoms with Crippen LogP contribution in [0.25, 0.3) is 16.9 Å². The third-order valence-electron chi connectivity index (χ3n) is 8.48. The van der Waals surface area contributed by atoms with Gasteiger partial charge in [0.2, 0.25) is 5.91 Å². The highest BCUT2D eigenvalue weighted by atomic mass is 35.5. The number of piperazine rings is 1. The van der Waals surface area contributed by atoms with Gasteiger partial charge in [-0.1, -0.05) is 44.5 Å². The van der Waals surface area contributed by atoms with E-state index in [1.165, 1.54) is 0 Å². The summed E-state index contributed by atoms with van der Waals surface area (Å²) in [6, 6.07) is 9.53. The maximum absolute atomic E-state index is 13.9. The zero-order chi connectivity index (χ0) is 29.7. The van der Waals surface area contributed by atoms with Crippen molar-refractivity contribution in [3.8, 4) is 11.3 Å². The number of carbonyl (C=O) groups is 3. The van der Waals surface area contributed by atoms with Crippen LogP contribution in [0.5, 0.6) is 0 Å². The number of carbonyl (C=O) groups excluding carboxylic acids is 2. The Morgan fingerprint density at radius 1 is 1.00 bits per heavy atom. The molecule has 2 fully saturated rings. The van der Waals surface area contributed by atoms with Crippen LogP contribution in [-0.4, -0.2) is 72.5 Å². The molecule has 2 aliphatic rings. The Morgan fingerprint density at radius 3 is 2.22 bits per heavy atom. The van der Waals surface area contributed by atoms with Crippen LogP contribution in [0.4, 0.5) is 0 Å². The summed E-state index contributed by atoms with van der Waals surface area (Å²) in [6.45, 7) is 11.5. The van der Waals surface area contributed by atoms with E-state index < -0.39 is 11.5 Å². The Labute approximate surface area is 245 Å². The van der Waals surface area contributed by atoms with E-state index in [-0.39, 0.29) is 29.1 Å². The second-order valence-corrected chi connectivity index (χ2v) is 13.4. The molecule has 218 valence electrons. The standard InChI is InChI=1S/C31H38ClN5O4/c1-30(2,3)23-16-24(19-10-12-22(32)13-11-19)34-37-17-25(33-26(23)37)28(39)36-15-14-35(18-31(36,4)5)27(38)20-6-8-21(9-7-20)29(40)41/h10-13,16-17,20-21H,6-9,14-15,18H2,1-5H3,(H,40,41). The normalized spacial score (nSPS) is 21.2. The van der Waals surface area contributed by atoms with Gasteiger partial charge in [-0.25, -0.2) is 9.50 Å². The van der Waals surface area contributed by atoms with Gasteiger partial charge >= 0.3 is 5.97 Å². The van der Waals surface area contributed by atoms with E-state index in [1.807, 2.05) is 49.1 Å². The number of halogens is 1.